The molecule has 1 aromatic carbocycles. The largest absolute Gasteiger partial charge is 0.444 e. The molecule has 0 spiro atoms. The number of hydrogen-bond acceptors (Lipinski definition) is 3. The van der Waals surface area contributed by atoms with Gasteiger partial charge in [-0.25, -0.2) is 4.79 Å². The molecule has 132 valence electrons. The van der Waals surface area contributed by atoms with Crippen molar-refractivity contribution in [2.45, 2.75) is 64.9 Å². The summed E-state index contributed by atoms with van der Waals surface area (Å²) in [6, 6.07) is 4.72. The molecule has 24 heavy (non-hydrogen) atoms. The van der Waals surface area contributed by atoms with Crippen LogP contribution in [0.3, 0.4) is 0 Å². The summed E-state index contributed by atoms with van der Waals surface area (Å²) in [5.74, 6) is 0.552. The van der Waals surface area contributed by atoms with Crippen LogP contribution in [0, 0.1) is 6.92 Å². The van der Waals surface area contributed by atoms with Crippen molar-refractivity contribution in [3.8, 4) is 0 Å². The Hall–Kier alpha value is -1.71. The molecular formula is C20H30N2O2. The molecule has 1 saturated heterocycles. The number of ether oxygens (including phenoxy) is 1. The maximum absolute atomic E-state index is 12.2. The van der Waals surface area contributed by atoms with Crippen molar-refractivity contribution in [1.82, 2.24) is 4.90 Å². The standard InChI is InChI=1S/C20H30N2O2/c1-14-12-18-16(6-5-9-21-18)13-17(14)15-7-10-22(11-8-15)19(23)24-20(2,3)4/h12-13,15,21H,5-11H2,1-4H3. The van der Waals surface area contributed by atoms with E-state index in [0.29, 0.717) is 5.92 Å². The first-order chi connectivity index (χ1) is 11.3. The third kappa shape index (κ3) is 3.85. The summed E-state index contributed by atoms with van der Waals surface area (Å²) in [5.41, 5.74) is 5.20. The second-order valence-corrected chi connectivity index (χ2v) is 8.14. The van der Waals surface area contributed by atoms with Crippen molar-refractivity contribution >= 4 is 11.8 Å². The Labute approximate surface area is 145 Å². The van der Waals surface area contributed by atoms with Crippen LogP contribution < -0.4 is 5.32 Å². The minimum atomic E-state index is -0.421. The van der Waals surface area contributed by atoms with E-state index in [0.717, 1.165) is 32.5 Å². The minimum absolute atomic E-state index is 0.174. The number of carbonyl (C=O) groups is 1. The molecular weight excluding hydrogens is 300 g/mol. The quantitative estimate of drug-likeness (QED) is 0.826. The number of piperidine rings is 1. The highest BCUT2D eigenvalue weighted by Crippen LogP contribution is 2.35. The molecule has 0 radical (unpaired) electrons. The number of likely N-dealkylation sites (tertiary alicyclic amines) is 1. The van der Waals surface area contributed by atoms with E-state index in [1.54, 1.807) is 0 Å². The number of aryl methyl sites for hydroxylation is 2. The van der Waals surface area contributed by atoms with E-state index >= 15 is 0 Å². The Morgan fingerprint density at radius 3 is 2.62 bits per heavy atom. The Bertz CT molecular complexity index is 611. The van der Waals surface area contributed by atoms with Gasteiger partial charge < -0.3 is 15.0 Å². The highest BCUT2D eigenvalue weighted by Gasteiger charge is 2.28. The third-order valence-corrected chi connectivity index (χ3v) is 5.02. The average molecular weight is 330 g/mol. The van der Waals surface area contributed by atoms with Crippen molar-refractivity contribution in [1.29, 1.82) is 0 Å². The van der Waals surface area contributed by atoms with Crippen LogP contribution in [0.25, 0.3) is 0 Å². The Morgan fingerprint density at radius 2 is 1.96 bits per heavy atom. The predicted octanol–water partition coefficient (Wildman–Crippen LogP) is 4.47. The molecule has 0 unspecified atom stereocenters. The molecule has 2 heterocycles. The number of carbonyl (C=O) groups excluding carboxylic acids is 1. The van der Waals surface area contributed by atoms with E-state index in [-0.39, 0.29) is 6.09 Å². The predicted molar refractivity (Wildman–Crippen MR) is 97.8 cm³/mol. The fourth-order valence-corrected chi connectivity index (χ4v) is 3.78. The van der Waals surface area contributed by atoms with Crippen molar-refractivity contribution in [3.63, 3.8) is 0 Å². The van der Waals surface area contributed by atoms with E-state index in [2.05, 4.69) is 24.4 Å². The van der Waals surface area contributed by atoms with Gasteiger partial charge in [0, 0.05) is 25.3 Å². The van der Waals surface area contributed by atoms with Crippen LogP contribution in [0.5, 0.6) is 0 Å². The second kappa shape index (κ2) is 6.66. The van der Waals surface area contributed by atoms with Gasteiger partial charge in [0.2, 0.25) is 0 Å². The summed E-state index contributed by atoms with van der Waals surface area (Å²) >= 11 is 0. The van der Waals surface area contributed by atoms with E-state index in [4.69, 9.17) is 4.74 Å². The van der Waals surface area contributed by atoms with Crippen molar-refractivity contribution in [2.24, 2.45) is 0 Å². The summed E-state index contributed by atoms with van der Waals surface area (Å²) in [7, 11) is 0. The smallest absolute Gasteiger partial charge is 0.410 e. The Kier molecular flexibility index (Phi) is 4.75. The number of fused-ring (bicyclic) bond motifs is 1. The number of nitrogens with zero attached hydrogens (tertiary/aromatic N) is 1. The Balaban J connectivity index is 1.66. The lowest BCUT2D eigenvalue weighted by Gasteiger charge is -2.34. The zero-order valence-electron chi connectivity index (χ0n) is 15.4. The first-order valence-electron chi connectivity index (χ1n) is 9.19. The lowest BCUT2D eigenvalue weighted by molar-refractivity contribution is 0.0205. The van der Waals surface area contributed by atoms with Crippen molar-refractivity contribution in [2.75, 3.05) is 25.0 Å². The molecule has 0 aromatic heterocycles. The van der Waals surface area contributed by atoms with E-state index in [1.807, 2.05) is 25.7 Å². The molecule has 0 saturated carbocycles. The molecule has 3 rings (SSSR count). The first kappa shape index (κ1) is 17.1. The number of nitrogens with one attached hydrogen (secondary N) is 1. The summed E-state index contributed by atoms with van der Waals surface area (Å²) in [4.78, 5) is 14.1. The van der Waals surface area contributed by atoms with Crippen LogP contribution in [-0.4, -0.2) is 36.2 Å². The fraction of sp³-hybridized carbons (Fsp3) is 0.650. The van der Waals surface area contributed by atoms with Gasteiger partial charge in [-0.15, -0.1) is 0 Å². The molecule has 1 fully saturated rings. The number of hydrogen-bond donors (Lipinski definition) is 1. The molecule has 1 amide bonds. The number of amides is 1. The van der Waals surface area contributed by atoms with Crippen LogP contribution in [-0.2, 0) is 11.2 Å². The lowest BCUT2D eigenvalue weighted by Crippen LogP contribution is -2.41. The van der Waals surface area contributed by atoms with Gasteiger partial charge in [0.25, 0.3) is 0 Å². The van der Waals surface area contributed by atoms with Gasteiger partial charge in [0.1, 0.15) is 5.60 Å². The maximum atomic E-state index is 12.2. The summed E-state index contributed by atoms with van der Waals surface area (Å²) in [5, 5.41) is 3.51. The molecule has 0 atom stereocenters. The van der Waals surface area contributed by atoms with E-state index < -0.39 is 5.60 Å². The molecule has 2 aliphatic heterocycles. The number of benzene rings is 1. The number of rotatable bonds is 1. The molecule has 2 aliphatic rings. The topological polar surface area (TPSA) is 41.6 Å². The van der Waals surface area contributed by atoms with Gasteiger partial charge in [-0.1, -0.05) is 6.07 Å². The molecule has 1 N–H and O–H groups in total. The second-order valence-electron chi connectivity index (χ2n) is 8.14. The molecule has 4 heteroatoms. The summed E-state index contributed by atoms with van der Waals surface area (Å²) in [6.07, 6.45) is 4.25. The SMILES string of the molecule is Cc1cc2c(cc1C1CCN(C(=O)OC(C)(C)C)CC1)CCCN2. The van der Waals surface area contributed by atoms with Crippen molar-refractivity contribution in [3.05, 3.63) is 28.8 Å². The lowest BCUT2D eigenvalue weighted by atomic mass is 9.84. The van der Waals surface area contributed by atoms with Crippen molar-refractivity contribution < 1.29 is 9.53 Å². The molecule has 4 nitrogen and oxygen atoms in total. The first-order valence-corrected chi connectivity index (χ1v) is 9.19. The van der Waals surface area contributed by atoms with Gasteiger partial charge in [-0.2, -0.15) is 0 Å². The van der Waals surface area contributed by atoms with Gasteiger partial charge >= 0.3 is 6.09 Å². The van der Waals surface area contributed by atoms with E-state index in [9.17, 15) is 4.79 Å². The minimum Gasteiger partial charge on any atom is -0.444 e. The zero-order valence-corrected chi connectivity index (χ0v) is 15.4. The van der Waals surface area contributed by atoms with Crippen LogP contribution in [0.2, 0.25) is 0 Å². The molecule has 0 aliphatic carbocycles. The van der Waals surface area contributed by atoms with Gasteiger partial charge in [0.05, 0.1) is 0 Å². The van der Waals surface area contributed by atoms with Gasteiger partial charge in [-0.05, 0) is 82.1 Å². The van der Waals surface area contributed by atoms with Crippen LogP contribution in [0.4, 0.5) is 10.5 Å². The zero-order chi connectivity index (χ0) is 17.3. The van der Waals surface area contributed by atoms with Gasteiger partial charge in [-0.3, -0.25) is 0 Å². The van der Waals surface area contributed by atoms with Crippen LogP contribution in [0.1, 0.15) is 62.6 Å². The monoisotopic (exact) mass is 330 g/mol. The van der Waals surface area contributed by atoms with E-state index in [1.165, 1.54) is 35.2 Å². The fourth-order valence-electron chi connectivity index (χ4n) is 3.78. The third-order valence-electron chi connectivity index (χ3n) is 5.02. The normalized spacial score (nSPS) is 18.8. The highest BCUT2D eigenvalue weighted by molar-refractivity contribution is 5.68. The van der Waals surface area contributed by atoms with Crippen LogP contribution in [0.15, 0.2) is 12.1 Å². The molecule has 1 aromatic rings. The summed E-state index contributed by atoms with van der Waals surface area (Å²) in [6.45, 7) is 10.6. The number of anilines is 1. The summed E-state index contributed by atoms with van der Waals surface area (Å²) < 4.78 is 5.49. The van der Waals surface area contributed by atoms with Crippen LogP contribution >= 0.6 is 0 Å². The Morgan fingerprint density at radius 1 is 1.25 bits per heavy atom. The maximum Gasteiger partial charge on any atom is 0.410 e. The average Bonchev–Trinajstić information content (AvgIpc) is 2.53. The highest BCUT2D eigenvalue weighted by atomic mass is 16.6. The molecule has 0 bridgehead atoms. The van der Waals surface area contributed by atoms with Gasteiger partial charge in [0.15, 0.2) is 0 Å².